The van der Waals surface area contributed by atoms with Gasteiger partial charge in [-0.25, -0.2) is 9.59 Å². The number of nitrogens with zero attached hydrogens (tertiary/aromatic N) is 2. The third-order valence-corrected chi connectivity index (χ3v) is 3.53. The first kappa shape index (κ1) is 19.9. The molecule has 2 aliphatic heterocycles. The predicted molar refractivity (Wildman–Crippen MR) is 87.2 cm³/mol. The molecule has 0 aromatic rings. The molecular weight excluding hydrogens is 314 g/mol. The van der Waals surface area contributed by atoms with Gasteiger partial charge in [0.1, 0.15) is 12.0 Å². The van der Waals surface area contributed by atoms with Gasteiger partial charge in [-0.3, -0.25) is 19.8 Å². The molecule has 5 amide bonds. The zero-order chi connectivity index (χ0) is 18.5. The van der Waals surface area contributed by atoms with E-state index in [0.29, 0.717) is 25.9 Å². The molecule has 0 spiro atoms. The zero-order valence-electron chi connectivity index (χ0n) is 15.0. The highest BCUT2D eigenvalue weighted by Crippen LogP contribution is 2.21. The molecule has 0 saturated carbocycles. The summed E-state index contributed by atoms with van der Waals surface area (Å²) in [6.07, 6.45) is 0.257. The van der Waals surface area contributed by atoms with Gasteiger partial charge in [-0.15, -0.1) is 0 Å². The summed E-state index contributed by atoms with van der Waals surface area (Å²) in [5.41, 5.74) is -0.559. The number of rotatable bonds is 1. The SMILES string of the molecule is CC.CC(C)(C)OC(=O)N1CCC(N2C(=O)CC(=O)NC2=O)CC1. The van der Waals surface area contributed by atoms with Crippen LogP contribution in [0, 0.1) is 0 Å². The smallest absolute Gasteiger partial charge is 0.410 e. The minimum atomic E-state index is -0.669. The molecule has 24 heavy (non-hydrogen) atoms. The molecule has 1 N–H and O–H groups in total. The highest BCUT2D eigenvalue weighted by molar-refractivity contribution is 6.14. The van der Waals surface area contributed by atoms with Crippen LogP contribution in [0.1, 0.15) is 53.9 Å². The molecule has 0 bridgehead atoms. The Morgan fingerprint density at radius 3 is 2.12 bits per heavy atom. The van der Waals surface area contributed by atoms with E-state index in [1.54, 1.807) is 25.7 Å². The van der Waals surface area contributed by atoms with Crippen molar-refractivity contribution >= 4 is 23.9 Å². The number of piperidine rings is 1. The van der Waals surface area contributed by atoms with E-state index in [-0.39, 0.29) is 12.5 Å². The summed E-state index contributed by atoms with van der Waals surface area (Å²) in [7, 11) is 0. The molecule has 136 valence electrons. The van der Waals surface area contributed by atoms with Crippen molar-refractivity contribution in [2.24, 2.45) is 0 Å². The molecule has 0 aromatic carbocycles. The van der Waals surface area contributed by atoms with Crippen molar-refractivity contribution in [2.45, 2.75) is 65.5 Å². The van der Waals surface area contributed by atoms with Gasteiger partial charge in [0.15, 0.2) is 0 Å². The summed E-state index contributed by atoms with van der Waals surface area (Å²) >= 11 is 0. The quantitative estimate of drug-likeness (QED) is 0.735. The molecule has 2 saturated heterocycles. The topological polar surface area (TPSA) is 96.0 Å². The van der Waals surface area contributed by atoms with Crippen molar-refractivity contribution in [3.05, 3.63) is 0 Å². The maximum Gasteiger partial charge on any atom is 0.410 e. The molecule has 8 nitrogen and oxygen atoms in total. The first-order valence-corrected chi connectivity index (χ1v) is 8.31. The largest absolute Gasteiger partial charge is 0.444 e. The van der Waals surface area contributed by atoms with E-state index >= 15 is 0 Å². The van der Waals surface area contributed by atoms with E-state index in [2.05, 4.69) is 5.32 Å². The Kier molecular flexibility index (Phi) is 6.74. The lowest BCUT2D eigenvalue weighted by Gasteiger charge is -2.38. The lowest BCUT2D eigenvalue weighted by Crippen LogP contribution is -2.59. The number of likely N-dealkylation sites (tertiary alicyclic amines) is 1. The number of imide groups is 2. The number of hydrogen-bond acceptors (Lipinski definition) is 5. The van der Waals surface area contributed by atoms with E-state index in [0.717, 1.165) is 4.90 Å². The van der Waals surface area contributed by atoms with Crippen LogP contribution in [0.15, 0.2) is 0 Å². The summed E-state index contributed by atoms with van der Waals surface area (Å²) < 4.78 is 5.30. The molecular formula is C16H27N3O5. The number of amides is 5. The number of ether oxygens (including phenoxy) is 1. The van der Waals surface area contributed by atoms with E-state index in [4.69, 9.17) is 4.74 Å². The fourth-order valence-corrected chi connectivity index (χ4v) is 2.56. The normalized spacial score (nSPS) is 19.5. The average Bonchev–Trinajstić information content (AvgIpc) is 2.47. The Labute approximate surface area is 142 Å². The van der Waals surface area contributed by atoms with E-state index in [1.165, 1.54) is 0 Å². The Morgan fingerprint density at radius 1 is 1.12 bits per heavy atom. The predicted octanol–water partition coefficient (Wildman–Crippen LogP) is 1.88. The Hall–Kier alpha value is -2.12. The minimum absolute atomic E-state index is 0.292. The van der Waals surface area contributed by atoms with Crippen molar-refractivity contribution in [3.8, 4) is 0 Å². The molecule has 2 rings (SSSR count). The lowest BCUT2D eigenvalue weighted by atomic mass is 10.0. The van der Waals surface area contributed by atoms with Crippen molar-refractivity contribution in [2.75, 3.05) is 13.1 Å². The third kappa shape index (κ3) is 5.21. The van der Waals surface area contributed by atoms with Gasteiger partial charge in [0.05, 0.1) is 0 Å². The molecule has 0 radical (unpaired) electrons. The van der Waals surface area contributed by atoms with Gasteiger partial charge in [-0.05, 0) is 33.6 Å². The second kappa shape index (κ2) is 8.12. The number of carbonyl (C=O) groups is 4. The van der Waals surface area contributed by atoms with Crippen LogP contribution in [-0.4, -0.2) is 58.5 Å². The summed E-state index contributed by atoms with van der Waals surface area (Å²) in [5, 5.41) is 2.14. The minimum Gasteiger partial charge on any atom is -0.444 e. The number of hydrogen-bond donors (Lipinski definition) is 1. The monoisotopic (exact) mass is 341 g/mol. The Balaban J connectivity index is 0.00000139. The first-order valence-electron chi connectivity index (χ1n) is 8.31. The van der Waals surface area contributed by atoms with Gasteiger partial charge in [0.25, 0.3) is 0 Å². The molecule has 2 heterocycles. The van der Waals surface area contributed by atoms with Gasteiger partial charge < -0.3 is 9.64 Å². The standard InChI is InChI=1S/C14H21N3O5.C2H6/c1-14(2,3)22-13(21)16-6-4-9(5-7-16)17-11(19)8-10(18)15-12(17)20;1-2/h9H,4-8H2,1-3H3,(H,15,18,20);1-2H3. The van der Waals surface area contributed by atoms with Crippen LogP contribution in [0.25, 0.3) is 0 Å². The van der Waals surface area contributed by atoms with E-state index in [9.17, 15) is 19.2 Å². The maximum atomic E-state index is 12.0. The van der Waals surface area contributed by atoms with Crippen LogP contribution in [0.4, 0.5) is 9.59 Å². The van der Waals surface area contributed by atoms with Gasteiger partial charge in [-0.1, -0.05) is 13.8 Å². The molecule has 0 unspecified atom stereocenters. The van der Waals surface area contributed by atoms with Crippen molar-refractivity contribution in [1.29, 1.82) is 0 Å². The van der Waals surface area contributed by atoms with Crippen LogP contribution < -0.4 is 5.32 Å². The number of carbonyl (C=O) groups excluding carboxylic acids is 4. The third-order valence-electron chi connectivity index (χ3n) is 3.53. The fraction of sp³-hybridized carbons (Fsp3) is 0.750. The highest BCUT2D eigenvalue weighted by atomic mass is 16.6. The maximum absolute atomic E-state index is 12.0. The highest BCUT2D eigenvalue weighted by Gasteiger charge is 2.38. The number of nitrogens with one attached hydrogen (secondary N) is 1. The molecule has 2 aliphatic rings. The summed E-state index contributed by atoms with van der Waals surface area (Å²) in [4.78, 5) is 49.4. The van der Waals surface area contributed by atoms with Crippen LogP contribution in [0.5, 0.6) is 0 Å². The van der Waals surface area contributed by atoms with Gasteiger partial charge in [0, 0.05) is 19.1 Å². The summed E-state index contributed by atoms with van der Waals surface area (Å²) in [6, 6.07) is -0.962. The van der Waals surface area contributed by atoms with Crippen LogP contribution in [-0.2, 0) is 14.3 Å². The molecule has 8 heteroatoms. The fourth-order valence-electron chi connectivity index (χ4n) is 2.56. The molecule has 0 aliphatic carbocycles. The van der Waals surface area contributed by atoms with Gasteiger partial charge >= 0.3 is 12.1 Å². The van der Waals surface area contributed by atoms with E-state index < -0.39 is 29.5 Å². The second-order valence-electron chi connectivity index (χ2n) is 6.49. The molecule has 0 aromatic heterocycles. The number of barbiturate groups is 1. The Morgan fingerprint density at radius 2 is 1.67 bits per heavy atom. The van der Waals surface area contributed by atoms with Crippen LogP contribution in [0.2, 0.25) is 0 Å². The summed E-state index contributed by atoms with van der Waals surface area (Å²) in [6.45, 7) is 10.2. The average molecular weight is 341 g/mol. The lowest BCUT2D eigenvalue weighted by molar-refractivity contribution is -0.138. The van der Waals surface area contributed by atoms with Crippen LogP contribution in [0.3, 0.4) is 0 Å². The van der Waals surface area contributed by atoms with Crippen molar-refractivity contribution in [3.63, 3.8) is 0 Å². The van der Waals surface area contributed by atoms with E-state index in [1.807, 2.05) is 13.8 Å². The summed E-state index contributed by atoms with van der Waals surface area (Å²) in [5.74, 6) is -1.05. The van der Waals surface area contributed by atoms with Crippen molar-refractivity contribution < 1.29 is 23.9 Å². The number of urea groups is 1. The van der Waals surface area contributed by atoms with Gasteiger partial charge in [-0.2, -0.15) is 0 Å². The first-order chi connectivity index (χ1) is 11.2. The van der Waals surface area contributed by atoms with Crippen LogP contribution >= 0.6 is 0 Å². The zero-order valence-corrected chi connectivity index (χ0v) is 15.0. The molecule has 0 atom stereocenters. The van der Waals surface area contributed by atoms with Crippen molar-refractivity contribution in [1.82, 2.24) is 15.1 Å². The second-order valence-corrected chi connectivity index (χ2v) is 6.49. The van der Waals surface area contributed by atoms with Gasteiger partial charge in [0.2, 0.25) is 11.8 Å². The molecule has 2 fully saturated rings. The Bertz CT molecular complexity index is 484.